The molecule has 0 aliphatic rings. The molecule has 0 radical (unpaired) electrons. The Labute approximate surface area is 43.6 Å². The molecule has 0 aromatic carbocycles. The molecule has 0 atom stereocenters. The van der Waals surface area contributed by atoms with Crippen LogP contribution in [0.1, 0.15) is 6.92 Å². The van der Waals surface area contributed by atoms with Crippen molar-refractivity contribution in [3.05, 3.63) is 0 Å². The van der Waals surface area contributed by atoms with E-state index < -0.39 is 0 Å². The zero-order valence-electron chi connectivity index (χ0n) is 3.41. The van der Waals surface area contributed by atoms with Crippen molar-refractivity contribution in [2.24, 2.45) is 0 Å². The van der Waals surface area contributed by atoms with Crippen LogP contribution in [-0.4, -0.2) is 0 Å². The van der Waals surface area contributed by atoms with Crippen LogP contribution in [0.5, 0.6) is 0 Å². The second-order valence-electron chi connectivity index (χ2n) is 0.352. The molecule has 0 amide bonds. The summed E-state index contributed by atoms with van der Waals surface area (Å²) in [6.45, 7) is 1.51. The number of hydrogen-bond acceptors (Lipinski definition) is 1. The molecule has 0 aromatic heterocycles. The van der Waals surface area contributed by atoms with E-state index in [-0.39, 0.29) is 18.9 Å². The maximum atomic E-state index is 8.94. The van der Waals surface area contributed by atoms with Gasteiger partial charge in [0.05, 0.1) is 0 Å². The van der Waals surface area contributed by atoms with Crippen molar-refractivity contribution in [2.75, 3.05) is 0 Å². The minimum atomic E-state index is 0. The Hall–Kier alpha value is -0.0426. The fourth-order valence-electron chi connectivity index (χ4n) is 0. The van der Waals surface area contributed by atoms with Crippen LogP contribution < -0.4 is 24.0 Å². The first-order valence-electron chi connectivity index (χ1n) is 0.954. The molecular formula is C3H3LiO. The third-order valence-electron chi connectivity index (χ3n) is 0.102. The van der Waals surface area contributed by atoms with Crippen molar-refractivity contribution in [1.82, 2.24) is 0 Å². The normalized spacial score (nSPS) is 2.60. The molecule has 5 heavy (non-hydrogen) atoms. The summed E-state index contributed by atoms with van der Waals surface area (Å²) in [4.78, 5) is 0. The summed E-state index contributed by atoms with van der Waals surface area (Å²) in [5, 5.41) is 8.94. The molecule has 0 saturated carbocycles. The van der Waals surface area contributed by atoms with E-state index in [4.69, 9.17) is 5.11 Å². The van der Waals surface area contributed by atoms with Crippen LogP contribution in [0.2, 0.25) is 0 Å². The molecule has 0 spiro atoms. The van der Waals surface area contributed by atoms with Crippen molar-refractivity contribution >= 4 is 0 Å². The number of rotatable bonds is 0. The van der Waals surface area contributed by atoms with Crippen molar-refractivity contribution in [2.45, 2.75) is 6.92 Å². The van der Waals surface area contributed by atoms with Gasteiger partial charge in [0.1, 0.15) is 0 Å². The fourth-order valence-corrected chi connectivity index (χ4v) is 0. The molecule has 0 aromatic rings. The third kappa shape index (κ3) is 16.5. The van der Waals surface area contributed by atoms with E-state index in [0.29, 0.717) is 0 Å². The van der Waals surface area contributed by atoms with Gasteiger partial charge in [0.2, 0.25) is 0 Å². The minimum Gasteiger partial charge on any atom is -0.833 e. The van der Waals surface area contributed by atoms with E-state index in [0.717, 1.165) is 0 Å². The average Bonchev–Trinajstić information content (AvgIpc) is 1.37. The second-order valence-corrected chi connectivity index (χ2v) is 0.352. The monoisotopic (exact) mass is 62.0 g/mol. The fraction of sp³-hybridized carbons (Fsp3) is 0.333. The largest absolute Gasteiger partial charge is 1.00 e. The van der Waals surface area contributed by atoms with Crippen LogP contribution in [0.3, 0.4) is 0 Å². The molecule has 22 valence electrons. The van der Waals surface area contributed by atoms with Crippen molar-refractivity contribution < 1.29 is 24.0 Å². The predicted octanol–water partition coefficient (Wildman–Crippen LogP) is -3.67. The molecule has 0 heterocycles. The first-order valence-corrected chi connectivity index (χ1v) is 0.954. The van der Waals surface area contributed by atoms with Gasteiger partial charge < -0.3 is 5.11 Å². The van der Waals surface area contributed by atoms with Crippen LogP contribution in [0.15, 0.2) is 0 Å². The van der Waals surface area contributed by atoms with Gasteiger partial charge in [-0.3, -0.25) is 0 Å². The molecule has 0 aliphatic heterocycles. The molecule has 0 aliphatic carbocycles. The van der Waals surface area contributed by atoms with E-state index in [2.05, 4.69) is 5.92 Å². The molecule has 0 rings (SSSR count). The van der Waals surface area contributed by atoms with Crippen LogP contribution in [0.25, 0.3) is 0 Å². The Morgan fingerprint density at radius 2 is 1.80 bits per heavy atom. The summed E-state index contributed by atoms with van der Waals surface area (Å²) in [5.41, 5.74) is 0. The molecule has 2 heteroatoms. The first-order chi connectivity index (χ1) is 1.91. The van der Waals surface area contributed by atoms with Gasteiger partial charge >= 0.3 is 18.9 Å². The Morgan fingerprint density at radius 1 is 1.60 bits per heavy atom. The standard InChI is InChI=1S/C3H4O.Li/c1-2-3-4;/h4H,1H3;/q;+1/p-1. The summed E-state index contributed by atoms with van der Waals surface area (Å²) in [6.07, 6.45) is 1.43. The van der Waals surface area contributed by atoms with E-state index in [1.807, 2.05) is 0 Å². The van der Waals surface area contributed by atoms with Crippen molar-refractivity contribution in [1.29, 1.82) is 0 Å². The van der Waals surface area contributed by atoms with Gasteiger partial charge in [0, 0.05) is 0 Å². The van der Waals surface area contributed by atoms with Crippen LogP contribution >= 0.6 is 0 Å². The average molecular weight is 62.0 g/mol. The molecule has 1 nitrogen and oxygen atoms in total. The van der Waals surface area contributed by atoms with Crippen molar-refractivity contribution in [3.8, 4) is 12.0 Å². The minimum absolute atomic E-state index is 0. The number of hydrogen-bond donors (Lipinski definition) is 0. The Bertz CT molecular complexity index is 43.6. The summed E-state index contributed by atoms with van der Waals surface area (Å²) >= 11 is 0. The van der Waals surface area contributed by atoms with E-state index in [9.17, 15) is 0 Å². The van der Waals surface area contributed by atoms with Gasteiger partial charge in [-0.25, -0.2) is 0 Å². The van der Waals surface area contributed by atoms with Gasteiger partial charge in [-0.1, -0.05) is 0 Å². The molecule has 0 fully saturated rings. The topological polar surface area (TPSA) is 23.1 Å². The first kappa shape index (κ1) is 8.88. The van der Waals surface area contributed by atoms with E-state index in [1.165, 1.54) is 13.0 Å². The molecular weight excluding hydrogens is 59.0 g/mol. The van der Waals surface area contributed by atoms with Crippen molar-refractivity contribution in [3.63, 3.8) is 0 Å². The Morgan fingerprint density at radius 3 is 1.80 bits per heavy atom. The maximum absolute atomic E-state index is 8.94. The smallest absolute Gasteiger partial charge is 0.833 e. The summed E-state index contributed by atoms with van der Waals surface area (Å²) in [6, 6.07) is 0. The quantitative estimate of drug-likeness (QED) is 0.209. The zero-order chi connectivity index (χ0) is 3.41. The van der Waals surface area contributed by atoms with E-state index >= 15 is 0 Å². The Kier molecular flexibility index (Phi) is 16.0. The molecule has 0 unspecified atom stereocenters. The SMILES string of the molecule is CC#C[O-].[Li+]. The molecule has 0 bridgehead atoms. The molecule has 0 saturated heterocycles. The van der Waals surface area contributed by atoms with Gasteiger partial charge in [-0.05, 0) is 6.92 Å². The molecule has 0 N–H and O–H groups in total. The van der Waals surface area contributed by atoms with Gasteiger partial charge in [-0.2, -0.15) is 6.11 Å². The summed E-state index contributed by atoms with van der Waals surface area (Å²) in [5.74, 6) is 2.12. The zero-order valence-corrected chi connectivity index (χ0v) is 3.41. The summed E-state index contributed by atoms with van der Waals surface area (Å²) < 4.78 is 0. The predicted molar refractivity (Wildman–Crippen MR) is 13.5 cm³/mol. The maximum Gasteiger partial charge on any atom is 1.00 e. The van der Waals surface area contributed by atoms with Gasteiger partial charge in [0.15, 0.2) is 0 Å². The van der Waals surface area contributed by atoms with Gasteiger partial charge in [0.25, 0.3) is 0 Å². The van der Waals surface area contributed by atoms with E-state index in [1.54, 1.807) is 0 Å². The second kappa shape index (κ2) is 9.03. The summed E-state index contributed by atoms with van der Waals surface area (Å²) in [7, 11) is 0. The van der Waals surface area contributed by atoms with Crippen LogP contribution in [0.4, 0.5) is 0 Å². The third-order valence-corrected chi connectivity index (χ3v) is 0.102. The Balaban J connectivity index is 0. The van der Waals surface area contributed by atoms with Crippen LogP contribution in [0, 0.1) is 12.0 Å². The van der Waals surface area contributed by atoms with Gasteiger partial charge in [-0.15, -0.1) is 5.92 Å². The van der Waals surface area contributed by atoms with Crippen LogP contribution in [-0.2, 0) is 0 Å².